The van der Waals surface area contributed by atoms with E-state index >= 15 is 0 Å². The highest BCUT2D eigenvalue weighted by atomic mass is 16.5. The van der Waals surface area contributed by atoms with Gasteiger partial charge in [0.1, 0.15) is 0 Å². The lowest BCUT2D eigenvalue weighted by atomic mass is 9.97. The molecule has 0 aromatic carbocycles. The van der Waals surface area contributed by atoms with E-state index in [0.717, 1.165) is 45.3 Å². The fourth-order valence-corrected chi connectivity index (χ4v) is 4.24. The molecule has 1 amide bonds. The van der Waals surface area contributed by atoms with Gasteiger partial charge in [-0.1, -0.05) is 26.2 Å². The maximum Gasteiger partial charge on any atom is 0.244 e. The van der Waals surface area contributed by atoms with Crippen molar-refractivity contribution in [1.29, 1.82) is 0 Å². The standard InChI is InChI=1S/C17H30N2O2/c1-3-6-14-18-17(7-4-5-8-17)15(20)19(14)13-16(9-10-16)11-12-21-2/h14,18H,3-13H2,1-2H3. The first-order valence-corrected chi connectivity index (χ1v) is 8.72. The summed E-state index contributed by atoms with van der Waals surface area (Å²) in [5.74, 6) is 0.391. The number of ether oxygens (including phenoxy) is 1. The zero-order valence-corrected chi connectivity index (χ0v) is 13.6. The third-order valence-electron chi connectivity index (χ3n) is 5.81. The second-order valence-corrected chi connectivity index (χ2v) is 7.41. The summed E-state index contributed by atoms with van der Waals surface area (Å²) in [6.07, 6.45) is 10.5. The van der Waals surface area contributed by atoms with Crippen LogP contribution in [-0.2, 0) is 9.53 Å². The van der Waals surface area contributed by atoms with Crippen LogP contribution in [0.3, 0.4) is 0 Å². The molecule has 2 saturated carbocycles. The third-order valence-corrected chi connectivity index (χ3v) is 5.81. The van der Waals surface area contributed by atoms with Crippen molar-refractivity contribution in [2.75, 3.05) is 20.3 Å². The molecule has 1 N–H and O–H groups in total. The van der Waals surface area contributed by atoms with Crippen LogP contribution < -0.4 is 5.32 Å². The molecule has 0 bridgehead atoms. The monoisotopic (exact) mass is 294 g/mol. The first kappa shape index (κ1) is 15.3. The predicted molar refractivity (Wildman–Crippen MR) is 82.9 cm³/mol. The fraction of sp³-hybridized carbons (Fsp3) is 0.941. The summed E-state index contributed by atoms with van der Waals surface area (Å²) < 4.78 is 5.26. The molecule has 3 aliphatic rings. The molecule has 1 spiro atoms. The molecular formula is C17H30N2O2. The number of nitrogens with zero attached hydrogens (tertiary/aromatic N) is 1. The highest BCUT2D eigenvalue weighted by molar-refractivity contribution is 5.89. The Kier molecular flexibility index (Phi) is 4.28. The topological polar surface area (TPSA) is 41.6 Å². The van der Waals surface area contributed by atoms with Crippen molar-refractivity contribution in [3.05, 3.63) is 0 Å². The van der Waals surface area contributed by atoms with E-state index in [0.29, 0.717) is 11.3 Å². The average molecular weight is 294 g/mol. The van der Waals surface area contributed by atoms with Gasteiger partial charge in [-0.3, -0.25) is 10.1 Å². The molecule has 0 radical (unpaired) electrons. The van der Waals surface area contributed by atoms with E-state index in [2.05, 4.69) is 17.1 Å². The first-order chi connectivity index (χ1) is 10.1. The number of amides is 1. The zero-order chi connectivity index (χ0) is 14.9. The van der Waals surface area contributed by atoms with E-state index < -0.39 is 0 Å². The van der Waals surface area contributed by atoms with Gasteiger partial charge in [0, 0.05) is 20.3 Å². The van der Waals surface area contributed by atoms with Crippen LogP contribution in [0.15, 0.2) is 0 Å². The molecule has 1 atom stereocenters. The van der Waals surface area contributed by atoms with Crippen molar-refractivity contribution >= 4 is 5.91 Å². The molecule has 1 unspecified atom stereocenters. The summed E-state index contributed by atoms with van der Waals surface area (Å²) >= 11 is 0. The molecule has 0 aromatic rings. The summed E-state index contributed by atoms with van der Waals surface area (Å²) in [5, 5.41) is 3.72. The van der Waals surface area contributed by atoms with Gasteiger partial charge in [-0.2, -0.15) is 0 Å². The number of hydrogen-bond donors (Lipinski definition) is 1. The van der Waals surface area contributed by atoms with Crippen molar-refractivity contribution in [3.63, 3.8) is 0 Å². The van der Waals surface area contributed by atoms with Crippen LogP contribution >= 0.6 is 0 Å². The van der Waals surface area contributed by atoms with E-state index in [1.165, 1.54) is 25.7 Å². The first-order valence-electron chi connectivity index (χ1n) is 8.72. The molecule has 3 fully saturated rings. The third kappa shape index (κ3) is 2.85. The van der Waals surface area contributed by atoms with Crippen molar-refractivity contribution in [2.45, 2.75) is 76.4 Å². The van der Waals surface area contributed by atoms with Gasteiger partial charge >= 0.3 is 0 Å². The van der Waals surface area contributed by atoms with Gasteiger partial charge in [0.05, 0.1) is 11.7 Å². The highest BCUT2D eigenvalue weighted by Gasteiger charge is 2.55. The van der Waals surface area contributed by atoms with Crippen LogP contribution in [0.4, 0.5) is 0 Å². The Balaban J connectivity index is 1.70. The Morgan fingerprint density at radius 2 is 2.00 bits per heavy atom. The zero-order valence-electron chi connectivity index (χ0n) is 13.6. The Morgan fingerprint density at radius 3 is 2.57 bits per heavy atom. The lowest BCUT2D eigenvalue weighted by molar-refractivity contribution is -0.134. The van der Waals surface area contributed by atoms with E-state index in [1.54, 1.807) is 7.11 Å². The largest absolute Gasteiger partial charge is 0.385 e. The van der Waals surface area contributed by atoms with Gasteiger partial charge in [-0.25, -0.2) is 0 Å². The SMILES string of the molecule is CCCC1NC2(CCCC2)C(=O)N1CC1(CCOC)CC1. The summed E-state index contributed by atoms with van der Waals surface area (Å²) in [6.45, 7) is 3.97. The molecule has 3 rings (SSSR count). The Hall–Kier alpha value is -0.610. The molecule has 0 aromatic heterocycles. The minimum absolute atomic E-state index is 0.211. The number of carbonyl (C=O) groups excluding carboxylic acids is 1. The van der Waals surface area contributed by atoms with E-state index in [9.17, 15) is 4.79 Å². The van der Waals surface area contributed by atoms with Crippen molar-refractivity contribution < 1.29 is 9.53 Å². The maximum atomic E-state index is 13.0. The average Bonchev–Trinajstić information content (AvgIpc) is 3.01. The highest BCUT2D eigenvalue weighted by Crippen LogP contribution is 2.51. The molecule has 1 saturated heterocycles. The van der Waals surface area contributed by atoms with Crippen LogP contribution in [0.2, 0.25) is 0 Å². The minimum Gasteiger partial charge on any atom is -0.385 e. The van der Waals surface area contributed by atoms with Crippen LogP contribution in [0.25, 0.3) is 0 Å². The molecule has 120 valence electrons. The second kappa shape index (κ2) is 5.88. The van der Waals surface area contributed by atoms with Gasteiger partial charge in [-0.15, -0.1) is 0 Å². The molecule has 1 aliphatic heterocycles. The van der Waals surface area contributed by atoms with Crippen molar-refractivity contribution in [3.8, 4) is 0 Å². The van der Waals surface area contributed by atoms with Crippen LogP contribution in [0.5, 0.6) is 0 Å². The lowest BCUT2D eigenvalue weighted by Gasteiger charge is -2.28. The Morgan fingerprint density at radius 1 is 1.29 bits per heavy atom. The summed E-state index contributed by atoms with van der Waals surface area (Å²) in [6, 6.07) is 0. The Bertz CT molecular complexity index is 386. The smallest absolute Gasteiger partial charge is 0.244 e. The molecule has 2 aliphatic carbocycles. The number of hydrogen-bond acceptors (Lipinski definition) is 3. The molecule has 4 heteroatoms. The molecule has 21 heavy (non-hydrogen) atoms. The lowest BCUT2D eigenvalue weighted by Crippen LogP contribution is -2.44. The summed E-state index contributed by atoms with van der Waals surface area (Å²) in [7, 11) is 1.77. The van der Waals surface area contributed by atoms with Crippen molar-refractivity contribution in [2.24, 2.45) is 5.41 Å². The summed E-state index contributed by atoms with van der Waals surface area (Å²) in [4.78, 5) is 15.2. The van der Waals surface area contributed by atoms with Gasteiger partial charge in [-0.05, 0) is 43.9 Å². The van der Waals surface area contributed by atoms with E-state index in [1.807, 2.05) is 0 Å². The van der Waals surface area contributed by atoms with Gasteiger partial charge in [0.25, 0.3) is 0 Å². The molecular weight excluding hydrogens is 264 g/mol. The maximum absolute atomic E-state index is 13.0. The second-order valence-electron chi connectivity index (χ2n) is 7.41. The fourth-order valence-electron chi connectivity index (χ4n) is 4.24. The van der Waals surface area contributed by atoms with Crippen LogP contribution in [-0.4, -0.2) is 42.8 Å². The molecule has 1 heterocycles. The van der Waals surface area contributed by atoms with Gasteiger partial charge in [0.15, 0.2) is 0 Å². The number of carbonyl (C=O) groups is 1. The normalized spacial score (nSPS) is 29.5. The van der Waals surface area contributed by atoms with Crippen molar-refractivity contribution in [1.82, 2.24) is 10.2 Å². The summed E-state index contributed by atoms with van der Waals surface area (Å²) in [5.41, 5.74) is 0.140. The van der Waals surface area contributed by atoms with Crippen LogP contribution in [0, 0.1) is 5.41 Å². The quantitative estimate of drug-likeness (QED) is 0.785. The number of methoxy groups -OCH3 is 1. The minimum atomic E-state index is -0.211. The van der Waals surface area contributed by atoms with Gasteiger partial charge < -0.3 is 9.64 Å². The molecule has 4 nitrogen and oxygen atoms in total. The number of nitrogens with one attached hydrogen (secondary N) is 1. The Labute approximate surface area is 128 Å². The number of rotatable bonds is 7. The van der Waals surface area contributed by atoms with E-state index in [-0.39, 0.29) is 11.7 Å². The van der Waals surface area contributed by atoms with Crippen LogP contribution in [0.1, 0.15) is 64.7 Å². The predicted octanol–water partition coefficient (Wildman–Crippen LogP) is 2.67. The van der Waals surface area contributed by atoms with Gasteiger partial charge in [0.2, 0.25) is 5.91 Å². The van der Waals surface area contributed by atoms with E-state index in [4.69, 9.17) is 4.74 Å².